The zero-order chi connectivity index (χ0) is 19.6. The lowest BCUT2D eigenvalue weighted by Gasteiger charge is -2.06. The van der Waals surface area contributed by atoms with Crippen LogP contribution in [0.5, 0.6) is 0 Å². The fourth-order valence-corrected chi connectivity index (χ4v) is 3.38. The van der Waals surface area contributed by atoms with Crippen molar-refractivity contribution in [1.82, 2.24) is 14.8 Å². The smallest absolute Gasteiger partial charge is 0.274 e. The Morgan fingerprint density at radius 2 is 2.04 bits per heavy atom. The summed E-state index contributed by atoms with van der Waals surface area (Å²) in [5.74, 6) is -0.574. The lowest BCUT2D eigenvalue weighted by molar-refractivity contribution is -0.385. The van der Waals surface area contributed by atoms with Crippen LogP contribution in [0, 0.1) is 15.9 Å². The fraction of sp³-hybridized carbons (Fsp3) is 0.118. The molecule has 0 aliphatic rings. The van der Waals surface area contributed by atoms with Crippen molar-refractivity contribution in [1.29, 1.82) is 0 Å². The molecule has 0 unspecified atom stereocenters. The van der Waals surface area contributed by atoms with Gasteiger partial charge in [0.2, 0.25) is 5.91 Å². The van der Waals surface area contributed by atoms with Crippen molar-refractivity contribution >= 4 is 23.4 Å². The molecule has 8 nitrogen and oxygen atoms in total. The third-order valence-electron chi connectivity index (χ3n) is 3.87. The van der Waals surface area contributed by atoms with E-state index in [2.05, 4.69) is 10.2 Å². The van der Waals surface area contributed by atoms with Gasteiger partial charge in [-0.15, -0.1) is 10.2 Å². The summed E-state index contributed by atoms with van der Waals surface area (Å²) in [5, 5.41) is 19.8. The van der Waals surface area contributed by atoms with E-state index in [0.29, 0.717) is 22.1 Å². The highest BCUT2D eigenvalue weighted by Crippen LogP contribution is 2.30. The Morgan fingerprint density at radius 1 is 1.30 bits per heavy atom. The van der Waals surface area contributed by atoms with Gasteiger partial charge in [-0.2, -0.15) is 0 Å². The van der Waals surface area contributed by atoms with E-state index in [1.54, 1.807) is 29.8 Å². The number of nitro groups is 1. The average Bonchev–Trinajstić information content (AvgIpc) is 3.00. The van der Waals surface area contributed by atoms with E-state index >= 15 is 0 Å². The molecule has 138 valence electrons. The first-order valence-corrected chi connectivity index (χ1v) is 8.71. The van der Waals surface area contributed by atoms with Crippen LogP contribution in [-0.4, -0.2) is 25.6 Å². The van der Waals surface area contributed by atoms with Gasteiger partial charge >= 0.3 is 0 Å². The summed E-state index contributed by atoms with van der Waals surface area (Å²) in [6, 6.07) is 10.3. The number of nitrogens with zero attached hydrogens (tertiary/aromatic N) is 4. The fourth-order valence-electron chi connectivity index (χ4n) is 2.47. The molecule has 10 heteroatoms. The van der Waals surface area contributed by atoms with Crippen LogP contribution in [0.25, 0.3) is 11.4 Å². The number of benzene rings is 2. The molecule has 0 saturated carbocycles. The van der Waals surface area contributed by atoms with Crippen molar-refractivity contribution in [3.63, 3.8) is 0 Å². The number of carbonyl (C=O) groups excluding carboxylic acids is 1. The maximum atomic E-state index is 14.0. The van der Waals surface area contributed by atoms with E-state index in [1.807, 2.05) is 0 Å². The Balaban J connectivity index is 1.85. The molecule has 0 saturated heterocycles. The summed E-state index contributed by atoms with van der Waals surface area (Å²) in [6.45, 7) is 0. The Bertz CT molecular complexity index is 1040. The van der Waals surface area contributed by atoms with Crippen molar-refractivity contribution in [2.75, 3.05) is 0 Å². The zero-order valence-electron chi connectivity index (χ0n) is 14.1. The van der Waals surface area contributed by atoms with Crippen molar-refractivity contribution in [3.05, 3.63) is 69.5 Å². The minimum Gasteiger partial charge on any atom is -0.366 e. The standard InChI is InChI=1S/C17H14FN5O3S/c1-22-16(12-4-2-3-5-13(12)18)20-21-17(22)27-9-11-7-6-10(15(19)24)8-14(11)23(25)26/h2-8H,9H2,1H3,(H2,19,24). The highest BCUT2D eigenvalue weighted by atomic mass is 32.2. The lowest BCUT2D eigenvalue weighted by atomic mass is 10.1. The predicted octanol–water partition coefficient (Wildman–Crippen LogP) is 2.92. The SMILES string of the molecule is Cn1c(SCc2ccc(C(N)=O)cc2[N+](=O)[O-])nnc1-c1ccccc1F. The first-order chi connectivity index (χ1) is 12.9. The molecular formula is C17H14FN5O3S. The summed E-state index contributed by atoms with van der Waals surface area (Å²) in [5.41, 5.74) is 5.76. The van der Waals surface area contributed by atoms with Crippen molar-refractivity contribution in [3.8, 4) is 11.4 Å². The van der Waals surface area contributed by atoms with Gasteiger partial charge in [-0.1, -0.05) is 30.0 Å². The van der Waals surface area contributed by atoms with Gasteiger partial charge in [-0.25, -0.2) is 4.39 Å². The molecule has 1 amide bonds. The van der Waals surface area contributed by atoms with E-state index < -0.39 is 16.6 Å². The van der Waals surface area contributed by atoms with E-state index in [-0.39, 0.29) is 17.0 Å². The van der Waals surface area contributed by atoms with Crippen LogP contribution >= 0.6 is 11.8 Å². The molecule has 0 bridgehead atoms. The number of carbonyl (C=O) groups is 1. The van der Waals surface area contributed by atoms with Gasteiger partial charge in [0.15, 0.2) is 11.0 Å². The molecule has 2 N–H and O–H groups in total. The first-order valence-electron chi connectivity index (χ1n) is 7.72. The van der Waals surface area contributed by atoms with Crippen LogP contribution in [0.4, 0.5) is 10.1 Å². The second kappa shape index (κ2) is 7.54. The van der Waals surface area contributed by atoms with Gasteiger partial charge in [0, 0.05) is 30.0 Å². The zero-order valence-corrected chi connectivity index (χ0v) is 14.9. The summed E-state index contributed by atoms with van der Waals surface area (Å²) in [7, 11) is 1.69. The Hall–Kier alpha value is -3.27. The van der Waals surface area contributed by atoms with E-state index in [4.69, 9.17) is 5.73 Å². The number of rotatable bonds is 6. The number of nitro benzene ring substituents is 1. The Kier molecular flexibility index (Phi) is 5.17. The first kappa shape index (κ1) is 18.5. The van der Waals surface area contributed by atoms with Gasteiger partial charge in [0.25, 0.3) is 5.69 Å². The average molecular weight is 387 g/mol. The molecule has 0 atom stereocenters. The van der Waals surface area contributed by atoms with Crippen LogP contribution in [0.2, 0.25) is 0 Å². The molecule has 0 radical (unpaired) electrons. The van der Waals surface area contributed by atoms with Crippen molar-refractivity contribution in [2.45, 2.75) is 10.9 Å². The summed E-state index contributed by atoms with van der Waals surface area (Å²) in [4.78, 5) is 21.9. The van der Waals surface area contributed by atoms with Gasteiger partial charge in [0.1, 0.15) is 5.82 Å². The molecule has 1 heterocycles. The van der Waals surface area contributed by atoms with Crippen molar-refractivity contribution in [2.24, 2.45) is 12.8 Å². The van der Waals surface area contributed by atoms with Gasteiger partial charge in [0.05, 0.1) is 10.5 Å². The third-order valence-corrected chi connectivity index (χ3v) is 4.94. The second-order valence-electron chi connectivity index (χ2n) is 5.60. The van der Waals surface area contributed by atoms with Crippen molar-refractivity contribution < 1.29 is 14.1 Å². The maximum Gasteiger partial charge on any atom is 0.274 e. The number of hydrogen-bond acceptors (Lipinski definition) is 6. The molecule has 0 fully saturated rings. The van der Waals surface area contributed by atoms with Crippen LogP contribution in [0.15, 0.2) is 47.6 Å². The summed E-state index contributed by atoms with van der Waals surface area (Å²) in [6.07, 6.45) is 0. The third kappa shape index (κ3) is 3.80. The van der Waals surface area contributed by atoms with Crippen LogP contribution in [0.3, 0.4) is 0 Å². The monoisotopic (exact) mass is 387 g/mol. The number of halogens is 1. The topological polar surface area (TPSA) is 117 Å². The van der Waals surface area contributed by atoms with Crippen LogP contribution < -0.4 is 5.73 Å². The molecule has 27 heavy (non-hydrogen) atoms. The Morgan fingerprint density at radius 3 is 2.70 bits per heavy atom. The van der Waals surface area contributed by atoms with Crippen LogP contribution in [0.1, 0.15) is 15.9 Å². The molecule has 2 aromatic carbocycles. The van der Waals surface area contributed by atoms with Crippen LogP contribution in [-0.2, 0) is 12.8 Å². The summed E-state index contributed by atoms with van der Waals surface area (Å²) < 4.78 is 15.6. The van der Waals surface area contributed by atoms with Gasteiger partial charge < -0.3 is 10.3 Å². The Labute approximate surface area is 157 Å². The van der Waals surface area contributed by atoms with E-state index in [0.717, 1.165) is 6.07 Å². The minimum atomic E-state index is -0.736. The molecule has 3 aromatic rings. The maximum absolute atomic E-state index is 14.0. The van der Waals surface area contributed by atoms with Gasteiger partial charge in [-0.05, 0) is 18.2 Å². The van der Waals surface area contributed by atoms with E-state index in [1.165, 1.54) is 30.0 Å². The lowest BCUT2D eigenvalue weighted by Crippen LogP contribution is -2.11. The molecular weight excluding hydrogens is 373 g/mol. The number of amides is 1. The number of thioether (sulfide) groups is 1. The minimum absolute atomic E-state index is 0.0657. The molecule has 0 spiro atoms. The highest BCUT2D eigenvalue weighted by molar-refractivity contribution is 7.98. The number of hydrogen-bond donors (Lipinski definition) is 1. The van der Waals surface area contributed by atoms with Gasteiger partial charge in [-0.3, -0.25) is 14.9 Å². The predicted molar refractivity (Wildman–Crippen MR) is 97.6 cm³/mol. The summed E-state index contributed by atoms with van der Waals surface area (Å²) >= 11 is 1.21. The molecule has 0 aliphatic carbocycles. The highest BCUT2D eigenvalue weighted by Gasteiger charge is 2.19. The molecule has 0 aliphatic heterocycles. The molecule has 3 rings (SSSR count). The van der Waals surface area contributed by atoms with E-state index in [9.17, 15) is 19.3 Å². The molecule has 1 aromatic heterocycles. The quantitative estimate of drug-likeness (QED) is 0.395. The largest absolute Gasteiger partial charge is 0.366 e. The number of primary amides is 1. The number of aromatic nitrogens is 3. The normalized spacial score (nSPS) is 10.7. The second-order valence-corrected chi connectivity index (χ2v) is 6.54. The number of nitrogens with two attached hydrogens (primary N) is 1.